The number of hydrogen-bond acceptors (Lipinski definition) is 2. The average Bonchev–Trinajstić information content (AvgIpc) is 2.69. The fraction of sp³-hybridized carbons (Fsp3) is 0.333. The predicted octanol–water partition coefficient (Wildman–Crippen LogP) is 6.00. The van der Waals surface area contributed by atoms with Crippen LogP contribution in [0.3, 0.4) is 0 Å². The molecule has 0 radical (unpaired) electrons. The van der Waals surface area contributed by atoms with Gasteiger partial charge >= 0.3 is 0 Å². The first-order valence-corrected chi connectivity index (χ1v) is 9.71. The molecule has 2 nitrogen and oxygen atoms in total. The molecule has 0 spiro atoms. The SMILES string of the molecule is C=CC=C(c1ccc(N(CC)CC)cc1)c1ccc(N(CC)CC)cc1. The lowest BCUT2D eigenvalue weighted by atomic mass is 9.97. The minimum Gasteiger partial charge on any atom is -0.372 e. The van der Waals surface area contributed by atoms with E-state index in [9.17, 15) is 0 Å². The Morgan fingerprint density at radius 2 is 1.04 bits per heavy atom. The van der Waals surface area contributed by atoms with E-state index in [4.69, 9.17) is 0 Å². The third kappa shape index (κ3) is 4.57. The van der Waals surface area contributed by atoms with Crippen molar-refractivity contribution in [1.29, 1.82) is 0 Å². The molecule has 0 N–H and O–H groups in total. The van der Waals surface area contributed by atoms with Crippen molar-refractivity contribution in [2.45, 2.75) is 27.7 Å². The molecular formula is C24H32N2. The van der Waals surface area contributed by atoms with Crippen LogP contribution in [0.2, 0.25) is 0 Å². The van der Waals surface area contributed by atoms with Crippen LogP contribution in [-0.4, -0.2) is 26.2 Å². The molecule has 0 aliphatic heterocycles. The van der Waals surface area contributed by atoms with Gasteiger partial charge in [-0.25, -0.2) is 0 Å². The number of anilines is 2. The Morgan fingerprint density at radius 1 is 0.692 bits per heavy atom. The monoisotopic (exact) mass is 348 g/mol. The Labute approximate surface area is 159 Å². The van der Waals surface area contributed by atoms with E-state index < -0.39 is 0 Å². The zero-order valence-electron chi connectivity index (χ0n) is 16.7. The second-order valence-electron chi connectivity index (χ2n) is 6.25. The standard InChI is InChI=1S/C24H32N2/c1-6-11-24(20-12-16-22(17-13-20)25(7-2)8-3)21-14-18-23(19-15-21)26(9-4)10-5/h6,11-19H,1,7-10H2,2-5H3. The number of hydrogen-bond donors (Lipinski definition) is 0. The van der Waals surface area contributed by atoms with Crippen LogP contribution in [0, 0.1) is 0 Å². The molecular weight excluding hydrogens is 316 g/mol. The molecule has 2 aromatic rings. The molecule has 0 atom stereocenters. The van der Waals surface area contributed by atoms with Gasteiger partial charge in [-0.05, 0) is 68.7 Å². The van der Waals surface area contributed by atoms with Gasteiger partial charge in [0.25, 0.3) is 0 Å². The third-order valence-corrected chi connectivity index (χ3v) is 4.90. The average molecular weight is 349 g/mol. The summed E-state index contributed by atoms with van der Waals surface area (Å²) in [5, 5.41) is 0. The van der Waals surface area contributed by atoms with E-state index in [1.165, 1.54) is 28.1 Å². The molecule has 2 rings (SSSR count). The molecule has 0 saturated carbocycles. The summed E-state index contributed by atoms with van der Waals surface area (Å²) < 4.78 is 0. The van der Waals surface area contributed by atoms with Crippen LogP contribution < -0.4 is 9.80 Å². The van der Waals surface area contributed by atoms with E-state index in [2.05, 4.69) is 98.7 Å². The van der Waals surface area contributed by atoms with E-state index in [0.717, 1.165) is 26.2 Å². The topological polar surface area (TPSA) is 6.48 Å². The lowest BCUT2D eigenvalue weighted by molar-refractivity contribution is 0.866. The minimum absolute atomic E-state index is 1.03. The summed E-state index contributed by atoms with van der Waals surface area (Å²) in [6.07, 6.45) is 3.96. The molecule has 0 aliphatic rings. The highest BCUT2D eigenvalue weighted by atomic mass is 15.1. The highest BCUT2D eigenvalue weighted by molar-refractivity contribution is 5.82. The van der Waals surface area contributed by atoms with Crippen molar-refractivity contribution in [1.82, 2.24) is 0 Å². The summed E-state index contributed by atoms with van der Waals surface area (Å²) in [5.74, 6) is 0. The number of benzene rings is 2. The molecule has 2 aromatic carbocycles. The summed E-state index contributed by atoms with van der Waals surface area (Å²) in [5.41, 5.74) is 6.19. The summed E-state index contributed by atoms with van der Waals surface area (Å²) in [7, 11) is 0. The molecule has 0 bridgehead atoms. The Bertz CT molecular complexity index is 645. The molecule has 138 valence electrons. The van der Waals surface area contributed by atoms with Crippen LogP contribution in [0.4, 0.5) is 11.4 Å². The van der Waals surface area contributed by atoms with Crippen molar-refractivity contribution in [3.8, 4) is 0 Å². The Hall–Kier alpha value is -2.48. The first-order chi connectivity index (χ1) is 12.7. The van der Waals surface area contributed by atoms with Gasteiger partial charge in [-0.1, -0.05) is 43.0 Å². The van der Waals surface area contributed by atoms with Gasteiger partial charge in [0.15, 0.2) is 0 Å². The van der Waals surface area contributed by atoms with Crippen LogP contribution in [0.25, 0.3) is 5.57 Å². The molecule has 0 aliphatic carbocycles. The molecule has 0 heterocycles. The van der Waals surface area contributed by atoms with Gasteiger partial charge in [0.2, 0.25) is 0 Å². The summed E-state index contributed by atoms with van der Waals surface area (Å²) in [6.45, 7) is 16.8. The van der Waals surface area contributed by atoms with Gasteiger partial charge in [0, 0.05) is 37.6 Å². The van der Waals surface area contributed by atoms with Crippen LogP contribution >= 0.6 is 0 Å². The zero-order chi connectivity index (χ0) is 18.9. The van der Waals surface area contributed by atoms with Crippen LogP contribution in [0.1, 0.15) is 38.8 Å². The van der Waals surface area contributed by atoms with Gasteiger partial charge in [-0.15, -0.1) is 0 Å². The molecule has 0 amide bonds. The van der Waals surface area contributed by atoms with Crippen LogP contribution in [-0.2, 0) is 0 Å². The number of rotatable bonds is 9. The van der Waals surface area contributed by atoms with Gasteiger partial charge in [-0.3, -0.25) is 0 Å². The maximum absolute atomic E-state index is 3.90. The van der Waals surface area contributed by atoms with Crippen molar-refractivity contribution >= 4 is 16.9 Å². The van der Waals surface area contributed by atoms with Gasteiger partial charge in [-0.2, -0.15) is 0 Å². The van der Waals surface area contributed by atoms with Crippen molar-refractivity contribution < 1.29 is 0 Å². The van der Waals surface area contributed by atoms with E-state index >= 15 is 0 Å². The van der Waals surface area contributed by atoms with Crippen molar-refractivity contribution in [3.63, 3.8) is 0 Å². The largest absolute Gasteiger partial charge is 0.372 e. The van der Waals surface area contributed by atoms with E-state index in [1.807, 2.05) is 6.08 Å². The summed E-state index contributed by atoms with van der Waals surface area (Å²) in [6, 6.07) is 17.7. The van der Waals surface area contributed by atoms with Gasteiger partial charge in [0.05, 0.1) is 0 Å². The summed E-state index contributed by atoms with van der Waals surface area (Å²) in [4.78, 5) is 4.72. The van der Waals surface area contributed by atoms with Crippen LogP contribution in [0.5, 0.6) is 0 Å². The smallest absolute Gasteiger partial charge is 0.0366 e. The normalized spacial score (nSPS) is 10.3. The second-order valence-corrected chi connectivity index (χ2v) is 6.25. The van der Waals surface area contributed by atoms with Crippen molar-refractivity contribution in [2.75, 3.05) is 36.0 Å². The Kier molecular flexibility index (Phi) is 7.53. The Morgan fingerprint density at radius 3 is 1.31 bits per heavy atom. The maximum Gasteiger partial charge on any atom is 0.0366 e. The van der Waals surface area contributed by atoms with Gasteiger partial charge < -0.3 is 9.80 Å². The molecule has 0 saturated heterocycles. The predicted molar refractivity (Wildman–Crippen MR) is 117 cm³/mol. The third-order valence-electron chi connectivity index (χ3n) is 4.90. The van der Waals surface area contributed by atoms with Crippen molar-refractivity contribution in [2.24, 2.45) is 0 Å². The van der Waals surface area contributed by atoms with E-state index in [1.54, 1.807) is 0 Å². The number of allylic oxidation sites excluding steroid dienone is 2. The minimum atomic E-state index is 1.03. The molecule has 2 heteroatoms. The fourth-order valence-electron chi connectivity index (χ4n) is 3.36. The van der Waals surface area contributed by atoms with Gasteiger partial charge in [0.1, 0.15) is 0 Å². The fourth-order valence-corrected chi connectivity index (χ4v) is 3.36. The first kappa shape index (κ1) is 19.8. The highest BCUT2D eigenvalue weighted by Crippen LogP contribution is 2.27. The first-order valence-electron chi connectivity index (χ1n) is 9.71. The molecule has 0 aromatic heterocycles. The summed E-state index contributed by atoms with van der Waals surface area (Å²) >= 11 is 0. The van der Waals surface area contributed by atoms with Crippen LogP contribution in [0.15, 0.2) is 67.3 Å². The quantitative estimate of drug-likeness (QED) is 0.513. The lowest BCUT2D eigenvalue weighted by Crippen LogP contribution is -2.21. The Balaban J connectivity index is 2.32. The highest BCUT2D eigenvalue weighted by Gasteiger charge is 2.08. The zero-order valence-corrected chi connectivity index (χ0v) is 16.7. The number of nitrogens with zero attached hydrogens (tertiary/aromatic N) is 2. The van der Waals surface area contributed by atoms with E-state index in [-0.39, 0.29) is 0 Å². The van der Waals surface area contributed by atoms with Crippen molar-refractivity contribution in [3.05, 3.63) is 78.4 Å². The maximum atomic E-state index is 3.90. The molecule has 26 heavy (non-hydrogen) atoms. The molecule has 0 unspecified atom stereocenters. The van der Waals surface area contributed by atoms with E-state index in [0.29, 0.717) is 0 Å². The molecule has 0 fully saturated rings. The second kappa shape index (κ2) is 9.86. The lowest BCUT2D eigenvalue weighted by Gasteiger charge is -2.22.